The Bertz CT molecular complexity index is 1260. The summed E-state index contributed by atoms with van der Waals surface area (Å²) in [6.07, 6.45) is 0.361. The van der Waals surface area contributed by atoms with Gasteiger partial charge in [-0.25, -0.2) is 14.8 Å². The van der Waals surface area contributed by atoms with Crippen molar-refractivity contribution in [1.82, 2.24) is 15.0 Å². The molecule has 1 aliphatic heterocycles. The average molecular weight is 473 g/mol. The van der Waals surface area contributed by atoms with E-state index in [9.17, 15) is 18.0 Å². The van der Waals surface area contributed by atoms with Gasteiger partial charge in [-0.3, -0.25) is 4.90 Å². The molecule has 180 valence electrons. The fraction of sp³-hybridized carbons (Fsp3) is 0.480. The molecule has 2 aliphatic rings. The van der Waals surface area contributed by atoms with E-state index >= 15 is 0 Å². The molecule has 3 heterocycles. The first-order valence-corrected chi connectivity index (χ1v) is 11.5. The first-order valence-electron chi connectivity index (χ1n) is 11.5. The number of halogens is 3. The minimum Gasteiger partial charge on any atom is -0.443 e. The minimum atomic E-state index is -4.46. The number of imidazole rings is 1. The van der Waals surface area contributed by atoms with Crippen molar-refractivity contribution in [3.63, 3.8) is 0 Å². The number of hydrogen-bond donors (Lipinski definition) is 1. The van der Waals surface area contributed by atoms with Crippen LogP contribution in [0.5, 0.6) is 0 Å². The third-order valence-corrected chi connectivity index (χ3v) is 6.69. The highest BCUT2D eigenvalue weighted by Crippen LogP contribution is 2.49. The largest absolute Gasteiger partial charge is 0.443 e. The lowest BCUT2D eigenvalue weighted by Crippen LogP contribution is -2.40. The number of H-pyrrole nitrogens is 1. The first-order chi connectivity index (χ1) is 16.0. The Hall–Kier alpha value is -3.10. The van der Waals surface area contributed by atoms with Crippen LogP contribution in [0.3, 0.4) is 0 Å². The fourth-order valence-electron chi connectivity index (χ4n) is 4.88. The molecule has 1 fully saturated rings. The number of pyridine rings is 1. The highest BCUT2D eigenvalue weighted by molar-refractivity contribution is 5.89. The van der Waals surface area contributed by atoms with E-state index in [2.05, 4.69) is 21.0 Å². The number of aromatic nitrogens is 3. The summed E-state index contributed by atoms with van der Waals surface area (Å²) in [4.78, 5) is 26.1. The summed E-state index contributed by atoms with van der Waals surface area (Å²) >= 11 is 0. The van der Waals surface area contributed by atoms with Gasteiger partial charge in [-0.2, -0.15) is 13.2 Å². The number of anilines is 1. The van der Waals surface area contributed by atoms with E-state index in [4.69, 9.17) is 4.74 Å². The van der Waals surface area contributed by atoms with Crippen LogP contribution in [0.1, 0.15) is 69.0 Å². The number of aromatic amines is 1. The number of carbonyl (C=O) groups is 1. The van der Waals surface area contributed by atoms with E-state index in [0.717, 1.165) is 61.2 Å². The first kappa shape index (κ1) is 22.7. The maximum Gasteiger partial charge on any atom is 0.417 e. The van der Waals surface area contributed by atoms with Crippen molar-refractivity contribution in [2.24, 2.45) is 0 Å². The van der Waals surface area contributed by atoms with Gasteiger partial charge in [0.2, 0.25) is 0 Å². The van der Waals surface area contributed by atoms with E-state index in [1.54, 1.807) is 4.90 Å². The van der Waals surface area contributed by atoms with Gasteiger partial charge in [0.25, 0.3) is 0 Å². The zero-order valence-corrected chi connectivity index (χ0v) is 19.4. The molecular formula is C25H27F3N4O2. The molecule has 3 aromatic rings. The summed E-state index contributed by atoms with van der Waals surface area (Å²) in [5.41, 5.74) is 1.75. The SMILES string of the molecule is CC(C)(C)OC(=O)N1CCCc2cc(C3(c4nc5ncc(C(F)(F)F)cc5[nH]4)CCC3)ccc21. The number of fused-ring (bicyclic) bond motifs is 2. The Morgan fingerprint density at radius 2 is 1.91 bits per heavy atom. The van der Waals surface area contributed by atoms with Gasteiger partial charge in [0.05, 0.1) is 22.2 Å². The maximum absolute atomic E-state index is 13.1. The van der Waals surface area contributed by atoms with Crippen LogP contribution in [0.2, 0.25) is 0 Å². The van der Waals surface area contributed by atoms with E-state index in [-0.39, 0.29) is 17.3 Å². The predicted molar refractivity (Wildman–Crippen MR) is 122 cm³/mol. The highest BCUT2D eigenvalue weighted by atomic mass is 19.4. The van der Waals surface area contributed by atoms with Crippen LogP contribution in [0.4, 0.5) is 23.7 Å². The molecule has 1 aliphatic carbocycles. The van der Waals surface area contributed by atoms with E-state index in [0.29, 0.717) is 12.4 Å². The van der Waals surface area contributed by atoms with Crippen molar-refractivity contribution in [2.45, 2.75) is 70.1 Å². The number of hydrogen-bond acceptors (Lipinski definition) is 4. The van der Waals surface area contributed by atoms with Crippen LogP contribution < -0.4 is 4.90 Å². The number of amides is 1. The van der Waals surface area contributed by atoms with Crippen molar-refractivity contribution in [3.8, 4) is 0 Å². The summed E-state index contributed by atoms with van der Waals surface area (Å²) in [6, 6.07) is 7.14. The van der Waals surface area contributed by atoms with E-state index in [1.807, 2.05) is 32.9 Å². The monoisotopic (exact) mass is 472 g/mol. The van der Waals surface area contributed by atoms with Crippen molar-refractivity contribution >= 4 is 22.9 Å². The second kappa shape index (κ2) is 7.71. The molecule has 1 amide bonds. The molecule has 0 radical (unpaired) electrons. The predicted octanol–water partition coefficient (Wildman–Crippen LogP) is 6.13. The Morgan fingerprint density at radius 3 is 2.56 bits per heavy atom. The molecule has 0 saturated heterocycles. The summed E-state index contributed by atoms with van der Waals surface area (Å²) in [5, 5.41) is 0. The molecule has 1 aromatic carbocycles. The Labute approximate surface area is 195 Å². The lowest BCUT2D eigenvalue weighted by Gasteiger charge is -2.41. The van der Waals surface area contributed by atoms with Gasteiger partial charge < -0.3 is 9.72 Å². The lowest BCUT2D eigenvalue weighted by molar-refractivity contribution is -0.137. The normalized spacial score (nSPS) is 17.9. The molecule has 34 heavy (non-hydrogen) atoms. The molecule has 6 nitrogen and oxygen atoms in total. The Balaban J connectivity index is 1.50. The van der Waals surface area contributed by atoms with Gasteiger partial charge in [0.1, 0.15) is 11.4 Å². The number of carbonyl (C=O) groups excluding carboxylic acids is 1. The number of ether oxygens (including phenoxy) is 1. The zero-order chi connectivity index (χ0) is 24.3. The smallest absolute Gasteiger partial charge is 0.417 e. The van der Waals surface area contributed by atoms with Crippen molar-refractivity contribution in [1.29, 1.82) is 0 Å². The summed E-state index contributed by atoms with van der Waals surface area (Å²) in [5.74, 6) is 0.639. The second-order valence-electron chi connectivity index (χ2n) is 10.2. The molecule has 0 atom stereocenters. The van der Waals surface area contributed by atoms with Gasteiger partial charge in [0.15, 0.2) is 5.65 Å². The molecule has 0 bridgehead atoms. The number of benzene rings is 1. The van der Waals surface area contributed by atoms with Crippen molar-refractivity contribution in [3.05, 3.63) is 53.0 Å². The Kier molecular flexibility index (Phi) is 5.15. The number of nitrogens with one attached hydrogen (secondary N) is 1. The minimum absolute atomic E-state index is 0.281. The van der Waals surface area contributed by atoms with Crippen molar-refractivity contribution in [2.75, 3.05) is 11.4 Å². The second-order valence-corrected chi connectivity index (χ2v) is 10.2. The number of alkyl halides is 3. The summed E-state index contributed by atoms with van der Waals surface area (Å²) in [7, 11) is 0. The molecule has 2 aromatic heterocycles. The molecule has 0 spiro atoms. The van der Waals surface area contributed by atoms with Gasteiger partial charge in [-0.05, 0) is 69.7 Å². The summed E-state index contributed by atoms with van der Waals surface area (Å²) < 4.78 is 45.0. The number of rotatable bonds is 2. The molecule has 1 N–H and O–H groups in total. The molecule has 1 saturated carbocycles. The molecule has 5 rings (SSSR count). The average Bonchev–Trinajstić information content (AvgIpc) is 3.13. The number of aryl methyl sites for hydroxylation is 1. The summed E-state index contributed by atoms with van der Waals surface area (Å²) in [6.45, 7) is 6.14. The van der Waals surface area contributed by atoms with Crippen LogP contribution >= 0.6 is 0 Å². The van der Waals surface area contributed by atoms with E-state index in [1.165, 1.54) is 0 Å². The van der Waals surface area contributed by atoms with Crippen LogP contribution in [0.25, 0.3) is 11.2 Å². The molecule has 9 heteroatoms. The van der Waals surface area contributed by atoms with Crippen LogP contribution in [0, 0.1) is 0 Å². The Morgan fingerprint density at radius 1 is 1.15 bits per heavy atom. The topological polar surface area (TPSA) is 71.1 Å². The molecular weight excluding hydrogens is 445 g/mol. The highest BCUT2D eigenvalue weighted by Gasteiger charge is 2.44. The van der Waals surface area contributed by atoms with Gasteiger partial charge >= 0.3 is 12.3 Å². The van der Waals surface area contributed by atoms with E-state index < -0.39 is 22.8 Å². The quantitative estimate of drug-likeness (QED) is 0.487. The zero-order valence-electron chi connectivity index (χ0n) is 19.4. The van der Waals surface area contributed by atoms with Gasteiger partial charge in [-0.15, -0.1) is 0 Å². The standard InChI is InChI=1S/C25H27F3N4O2/c1-23(2,3)34-22(33)32-11-4-6-15-12-16(7-8-19(15)32)24(9-5-10-24)21-30-18-13-17(25(26,27)28)14-29-20(18)31-21/h7-8,12-14H,4-6,9-11H2,1-3H3,(H,29,30,31). The van der Waals surface area contributed by atoms with Crippen LogP contribution in [-0.4, -0.2) is 33.2 Å². The fourth-order valence-corrected chi connectivity index (χ4v) is 4.88. The van der Waals surface area contributed by atoms with Crippen LogP contribution in [-0.2, 0) is 22.7 Å². The molecule has 0 unspecified atom stereocenters. The van der Waals surface area contributed by atoms with Gasteiger partial charge in [0, 0.05) is 12.7 Å². The van der Waals surface area contributed by atoms with Crippen LogP contribution in [0.15, 0.2) is 30.5 Å². The third-order valence-electron chi connectivity index (χ3n) is 6.69. The third kappa shape index (κ3) is 3.91. The van der Waals surface area contributed by atoms with Crippen molar-refractivity contribution < 1.29 is 22.7 Å². The number of nitrogens with zero attached hydrogens (tertiary/aromatic N) is 3. The van der Waals surface area contributed by atoms with Gasteiger partial charge in [-0.1, -0.05) is 18.6 Å². The lowest BCUT2D eigenvalue weighted by atomic mass is 9.63. The maximum atomic E-state index is 13.1.